The second kappa shape index (κ2) is 5.74. The van der Waals surface area contributed by atoms with Crippen LogP contribution in [0.15, 0.2) is 24.3 Å². The Kier molecular flexibility index (Phi) is 3.99. The van der Waals surface area contributed by atoms with Gasteiger partial charge in [0.05, 0.1) is 11.2 Å². The van der Waals surface area contributed by atoms with E-state index in [9.17, 15) is 0 Å². The summed E-state index contributed by atoms with van der Waals surface area (Å²) in [7, 11) is 0. The van der Waals surface area contributed by atoms with E-state index in [2.05, 4.69) is 41.2 Å². The topological polar surface area (TPSA) is 29.9 Å². The van der Waals surface area contributed by atoms with Crippen LogP contribution in [0, 0.1) is 5.41 Å². The van der Waals surface area contributed by atoms with Gasteiger partial charge in [0, 0.05) is 30.9 Å². The molecule has 1 aliphatic carbocycles. The molecule has 1 aromatic carbocycles. The van der Waals surface area contributed by atoms with Crippen molar-refractivity contribution in [3.8, 4) is 0 Å². The zero-order valence-electron chi connectivity index (χ0n) is 12.0. The minimum atomic E-state index is 0.477. The summed E-state index contributed by atoms with van der Waals surface area (Å²) < 4.78 is 2.08. The summed E-state index contributed by atoms with van der Waals surface area (Å²) in [5.41, 5.74) is 2.86. The van der Waals surface area contributed by atoms with Crippen LogP contribution in [0.1, 0.15) is 31.9 Å². The van der Waals surface area contributed by atoms with Gasteiger partial charge in [-0.05, 0) is 37.7 Å². The van der Waals surface area contributed by atoms with Gasteiger partial charge in [-0.3, -0.25) is 4.68 Å². The molecule has 1 aliphatic rings. The molecule has 0 spiro atoms. The molecule has 1 fully saturated rings. The predicted molar refractivity (Wildman–Crippen MR) is 84.1 cm³/mol. The molecule has 108 valence electrons. The van der Waals surface area contributed by atoms with E-state index < -0.39 is 0 Å². The van der Waals surface area contributed by atoms with Crippen LogP contribution in [0.25, 0.3) is 10.9 Å². The molecular formula is C16H22ClN3. The van der Waals surface area contributed by atoms with Crippen molar-refractivity contribution in [1.29, 1.82) is 0 Å². The number of para-hydroxylation sites is 1. The maximum absolute atomic E-state index is 5.88. The number of halogens is 1. The third-order valence-electron chi connectivity index (χ3n) is 4.41. The largest absolute Gasteiger partial charge is 0.311 e. The van der Waals surface area contributed by atoms with Gasteiger partial charge in [0.1, 0.15) is 0 Å². The van der Waals surface area contributed by atoms with Crippen LogP contribution in [0.4, 0.5) is 0 Å². The Bertz CT molecular complexity index is 586. The number of aryl methyl sites for hydroxylation is 1. The minimum absolute atomic E-state index is 0.477. The summed E-state index contributed by atoms with van der Waals surface area (Å²) in [6.07, 6.45) is 3.76. The van der Waals surface area contributed by atoms with E-state index in [1.165, 1.54) is 23.7 Å². The Morgan fingerprint density at radius 1 is 1.35 bits per heavy atom. The maximum Gasteiger partial charge on any atom is 0.0841 e. The van der Waals surface area contributed by atoms with Gasteiger partial charge in [-0.2, -0.15) is 5.10 Å². The van der Waals surface area contributed by atoms with Crippen LogP contribution in [0.2, 0.25) is 0 Å². The molecule has 0 aliphatic heterocycles. The first-order chi connectivity index (χ1) is 9.78. The molecule has 1 aromatic heterocycles. The average molecular weight is 292 g/mol. The van der Waals surface area contributed by atoms with E-state index in [0.29, 0.717) is 5.41 Å². The summed E-state index contributed by atoms with van der Waals surface area (Å²) in [4.78, 5) is 0. The molecule has 20 heavy (non-hydrogen) atoms. The zero-order chi connectivity index (χ0) is 14.0. The second-order valence-electron chi connectivity index (χ2n) is 5.82. The average Bonchev–Trinajstić information content (AvgIpc) is 3.13. The van der Waals surface area contributed by atoms with Crippen molar-refractivity contribution >= 4 is 22.5 Å². The Hall–Kier alpha value is -1.06. The Labute approximate surface area is 125 Å². The number of rotatable bonds is 7. The first-order valence-electron chi connectivity index (χ1n) is 7.49. The van der Waals surface area contributed by atoms with Gasteiger partial charge in [-0.1, -0.05) is 18.2 Å². The summed E-state index contributed by atoms with van der Waals surface area (Å²) in [6, 6.07) is 8.47. The van der Waals surface area contributed by atoms with Crippen molar-refractivity contribution in [2.75, 3.05) is 12.4 Å². The fraction of sp³-hybridized carbons (Fsp3) is 0.562. The minimum Gasteiger partial charge on any atom is -0.311 e. The number of nitrogens with zero attached hydrogens (tertiary/aromatic N) is 2. The van der Waals surface area contributed by atoms with E-state index in [-0.39, 0.29) is 0 Å². The lowest BCUT2D eigenvalue weighted by atomic mass is 10.0. The number of fused-ring (bicyclic) bond motifs is 1. The molecule has 1 saturated carbocycles. The summed E-state index contributed by atoms with van der Waals surface area (Å²) in [5, 5.41) is 9.57. The molecule has 0 bridgehead atoms. The number of aromatic nitrogens is 2. The lowest BCUT2D eigenvalue weighted by Crippen LogP contribution is -2.24. The number of hydrogen-bond acceptors (Lipinski definition) is 2. The molecule has 0 amide bonds. The predicted octanol–water partition coefficient (Wildman–Crippen LogP) is 3.55. The second-order valence-corrected chi connectivity index (χ2v) is 6.20. The zero-order valence-corrected chi connectivity index (χ0v) is 12.8. The summed E-state index contributed by atoms with van der Waals surface area (Å²) in [6.45, 7) is 4.96. The first kappa shape index (κ1) is 13.9. The van der Waals surface area contributed by atoms with Gasteiger partial charge >= 0.3 is 0 Å². The van der Waals surface area contributed by atoms with Crippen LogP contribution in [-0.4, -0.2) is 22.2 Å². The van der Waals surface area contributed by atoms with E-state index in [0.717, 1.165) is 37.6 Å². The Morgan fingerprint density at radius 3 is 2.85 bits per heavy atom. The molecule has 0 radical (unpaired) electrons. The highest BCUT2D eigenvalue weighted by atomic mass is 35.5. The highest BCUT2D eigenvalue weighted by molar-refractivity contribution is 6.17. The normalized spacial score (nSPS) is 16.7. The molecule has 3 rings (SSSR count). The number of benzene rings is 1. The van der Waals surface area contributed by atoms with Crippen LogP contribution in [0.3, 0.4) is 0 Å². The molecule has 2 aromatic rings. The molecular weight excluding hydrogens is 270 g/mol. The van der Waals surface area contributed by atoms with Crippen molar-refractivity contribution in [3.63, 3.8) is 0 Å². The number of nitrogens with one attached hydrogen (secondary N) is 1. The molecule has 1 N–H and O–H groups in total. The fourth-order valence-corrected chi connectivity index (χ4v) is 3.31. The van der Waals surface area contributed by atoms with Crippen LogP contribution in [-0.2, 0) is 13.1 Å². The Morgan fingerprint density at radius 2 is 2.15 bits per heavy atom. The van der Waals surface area contributed by atoms with Gasteiger partial charge in [-0.25, -0.2) is 0 Å². The molecule has 4 heteroatoms. The smallest absolute Gasteiger partial charge is 0.0841 e. The third kappa shape index (κ3) is 2.70. The van der Waals surface area contributed by atoms with Crippen molar-refractivity contribution < 1.29 is 0 Å². The Balaban J connectivity index is 1.69. The van der Waals surface area contributed by atoms with Crippen molar-refractivity contribution in [2.24, 2.45) is 5.41 Å². The first-order valence-corrected chi connectivity index (χ1v) is 8.02. The third-order valence-corrected chi connectivity index (χ3v) is 4.60. The molecule has 1 heterocycles. The highest BCUT2D eigenvalue weighted by Crippen LogP contribution is 2.48. The maximum atomic E-state index is 5.88. The lowest BCUT2D eigenvalue weighted by Gasteiger charge is -2.13. The van der Waals surface area contributed by atoms with Crippen molar-refractivity contribution in [2.45, 2.75) is 39.3 Å². The van der Waals surface area contributed by atoms with Gasteiger partial charge in [0.2, 0.25) is 0 Å². The van der Waals surface area contributed by atoms with Gasteiger partial charge in [0.15, 0.2) is 0 Å². The molecule has 0 atom stereocenters. The standard InChI is InChI=1S/C16H22ClN3/c1-2-20-15-6-4-3-5-13(15)14(19-20)11-18-12-16(7-8-16)9-10-17/h3-6,18H,2,7-12H2,1H3. The van der Waals surface area contributed by atoms with E-state index >= 15 is 0 Å². The summed E-state index contributed by atoms with van der Waals surface area (Å²) in [5.74, 6) is 0.773. The van der Waals surface area contributed by atoms with Crippen molar-refractivity contribution in [3.05, 3.63) is 30.0 Å². The lowest BCUT2D eigenvalue weighted by molar-refractivity contribution is 0.443. The quantitative estimate of drug-likeness (QED) is 0.791. The van der Waals surface area contributed by atoms with Gasteiger partial charge in [-0.15, -0.1) is 11.6 Å². The van der Waals surface area contributed by atoms with Crippen LogP contribution < -0.4 is 5.32 Å². The van der Waals surface area contributed by atoms with Crippen LogP contribution in [0.5, 0.6) is 0 Å². The molecule has 3 nitrogen and oxygen atoms in total. The van der Waals surface area contributed by atoms with E-state index in [4.69, 9.17) is 16.7 Å². The number of alkyl halides is 1. The van der Waals surface area contributed by atoms with Crippen LogP contribution >= 0.6 is 11.6 Å². The molecule has 0 saturated heterocycles. The van der Waals surface area contributed by atoms with Crippen molar-refractivity contribution in [1.82, 2.24) is 15.1 Å². The molecule has 0 unspecified atom stereocenters. The SMILES string of the molecule is CCn1nc(CNCC2(CCCl)CC2)c2ccccc21. The van der Waals surface area contributed by atoms with Gasteiger partial charge in [0.25, 0.3) is 0 Å². The highest BCUT2D eigenvalue weighted by Gasteiger charge is 2.41. The van der Waals surface area contributed by atoms with E-state index in [1.807, 2.05) is 0 Å². The summed E-state index contributed by atoms with van der Waals surface area (Å²) >= 11 is 5.88. The monoisotopic (exact) mass is 291 g/mol. The van der Waals surface area contributed by atoms with Gasteiger partial charge < -0.3 is 5.32 Å². The van der Waals surface area contributed by atoms with E-state index in [1.54, 1.807) is 0 Å². The fourth-order valence-electron chi connectivity index (χ4n) is 2.91. The number of hydrogen-bond donors (Lipinski definition) is 1.